The number of carbonyl (C=O) groups excluding carboxylic acids is 1. The fourth-order valence-corrected chi connectivity index (χ4v) is 1.87. The summed E-state index contributed by atoms with van der Waals surface area (Å²) < 4.78 is 15.3. The van der Waals surface area contributed by atoms with Crippen molar-refractivity contribution >= 4 is 23.3 Å². The van der Waals surface area contributed by atoms with Gasteiger partial charge in [-0.2, -0.15) is 0 Å². The molecule has 0 radical (unpaired) electrons. The van der Waals surface area contributed by atoms with E-state index in [2.05, 4.69) is 15.6 Å². The maximum Gasteiger partial charge on any atom is 0.412 e. The van der Waals surface area contributed by atoms with Crippen LogP contribution in [0.2, 0.25) is 0 Å². The number of aromatic nitrogens is 1. The molecular weight excluding hydrogens is 298 g/mol. The van der Waals surface area contributed by atoms with Gasteiger partial charge >= 0.3 is 6.09 Å². The van der Waals surface area contributed by atoms with Crippen LogP contribution in [0.15, 0.2) is 36.5 Å². The molecule has 0 spiro atoms. The summed E-state index contributed by atoms with van der Waals surface area (Å²) >= 11 is 0. The third kappa shape index (κ3) is 4.50. The summed E-state index contributed by atoms with van der Waals surface area (Å²) in [4.78, 5) is 15.5. The Kier molecular flexibility index (Phi) is 5.62. The number of hydrogen-bond acceptors (Lipinski definition) is 6. The maximum absolute atomic E-state index is 11.3. The summed E-state index contributed by atoms with van der Waals surface area (Å²) in [5.74, 6) is 1.77. The van der Waals surface area contributed by atoms with Gasteiger partial charge in [0.25, 0.3) is 0 Å². The second-order valence-electron chi connectivity index (χ2n) is 4.47. The zero-order valence-corrected chi connectivity index (χ0v) is 13.3. The highest BCUT2D eigenvalue weighted by Crippen LogP contribution is 2.31. The van der Waals surface area contributed by atoms with Crippen molar-refractivity contribution in [1.82, 2.24) is 4.98 Å². The molecule has 0 bridgehead atoms. The lowest BCUT2D eigenvalue weighted by Crippen LogP contribution is -2.14. The van der Waals surface area contributed by atoms with Gasteiger partial charge in [-0.05, 0) is 31.2 Å². The largest absolute Gasteiger partial charge is 0.497 e. The van der Waals surface area contributed by atoms with Crippen LogP contribution in [-0.2, 0) is 4.74 Å². The fourth-order valence-electron chi connectivity index (χ4n) is 1.87. The molecule has 23 heavy (non-hydrogen) atoms. The second-order valence-corrected chi connectivity index (χ2v) is 4.47. The summed E-state index contributed by atoms with van der Waals surface area (Å²) in [6, 6.07) is 8.93. The van der Waals surface area contributed by atoms with E-state index < -0.39 is 6.09 Å². The Morgan fingerprint density at radius 3 is 2.61 bits per heavy atom. The Balaban J connectivity index is 2.07. The summed E-state index contributed by atoms with van der Waals surface area (Å²) in [6.45, 7) is 2.05. The van der Waals surface area contributed by atoms with Crippen molar-refractivity contribution in [3.05, 3.63) is 36.5 Å². The van der Waals surface area contributed by atoms with Crippen molar-refractivity contribution in [2.75, 3.05) is 31.5 Å². The average Bonchev–Trinajstić information content (AvgIpc) is 2.57. The molecule has 0 aliphatic carbocycles. The van der Waals surface area contributed by atoms with E-state index in [4.69, 9.17) is 14.2 Å². The Morgan fingerprint density at radius 1 is 1.17 bits per heavy atom. The molecule has 1 heterocycles. The second kappa shape index (κ2) is 7.88. The van der Waals surface area contributed by atoms with Gasteiger partial charge in [0.05, 0.1) is 38.4 Å². The molecule has 1 aromatic heterocycles. The number of benzene rings is 1. The monoisotopic (exact) mass is 317 g/mol. The quantitative estimate of drug-likeness (QED) is 0.849. The van der Waals surface area contributed by atoms with Gasteiger partial charge in [0.2, 0.25) is 0 Å². The van der Waals surface area contributed by atoms with E-state index in [1.54, 1.807) is 45.5 Å². The number of amides is 1. The third-order valence-electron chi connectivity index (χ3n) is 2.96. The number of rotatable bonds is 6. The summed E-state index contributed by atoms with van der Waals surface area (Å²) in [7, 11) is 3.19. The van der Waals surface area contributed by atoms with Crippen molar-refractivity contribution in [3.8, 4) is 11.5 Å². The van der Waals surface area contributed by atoms with Gasteiger partial charge in [0.1, 0.15) is 17.3 Å². The first-order valence-electron chi connectivity index (χ1n) is 7.05. The molecule has 0 fully saturated rings. The predicted molar refractivity (Wildman–Crippen MR) is 87.7 cm³/mol. The number of ether oxygens (including phenoxy) is 3. The molecule has 0 unspecified atom stereocenters. The maximum atomic E-state index is 11.3. The normalized spacial score (nSPS) is 9.87. The first kappa shape index (κ1) is 16.4. The zero-order valence-electron chi connectivity index (χ0n) is 13.3. The van der Waals surface area contributed by atoms with Gasteiger partial charge in [-0.3, -0.25) is 5.32 Å². The smallest absolute Gasteiger partial charge is 0.412 e. The van der Waals surface area contributed by atoms with Gasteiger partial charge in [-0.15, -0.1) is 0 Å². The molecule has 7 heteroatoms. The van der Waals surface area contributed by atoms with Gasteiger partial charge in [0.15, 0.2) is 0 Å². The fraction of sp³-hybridized carbons (Fsp3) is 0.250. The van der Waals surface area contributed by atoms with E-state index in [-0.39, 0.29) is 0 Å². The minimum Gasteiger partial charge on any atom is -0.497 e. The molecule has 7 nitrogen and oxygen atoms in total. The van der Waals surface area contributed by atoms with Crippen LogP contribution in [0, 0.1) is 0 Å². The van der Waals surface area contributed by atoms with Gasteiger partial charge in [-0.1, -0.05) is 0 Å². The van der Waals surface area contributed by atoms with E-state index in [9.17, 15) is 4.79 Å². The van der Waals surface area contributed by atoms with E-state index in [1.807, 2.05) is 12.1 Å². The Morgan fingerprint density at radius 2 is 2.00 bits per heavy atom. The van der Waals surface area contributed by atoms with Gasteiger partial charge < -0.3 is 19.5 Å². The summed E-state index contributed by atoms with van der Waals surface area (Å²) in [5, 5.41) is 5.72. The van der Waals surface area contributed by atoms with Crippen LogP contribution >= 0.6 is 0 Å². The molecule has 2 aromatic rings. The van der Waals surface area contributed by atoms with Crippen LogP contribution in [0.1, 0.15) is 6.92 Å². The highest BCUT2D eigenvalue weighted by atomic mass is 16.5. The molecule has 0 aliphatic rings. The van der Waals surface area contributed by atoms with E-state index >= 15 is 0 Å². The molecule has 0 aliphatic heterocycles. The van der Waals surface area contributed by atoms with Crippen LogP contribution in [-0.4, -0.2) is 31.9 Å². The number of anilines is 3. The zero-order chi connectivity index (χ0) is 16.7. The molecule has 0 saturated heterocycles. The first-order chi connectivity index (χ1) is 11.2. The number of nitrogens with zero attached hydrogens (tertiary/aromatic N) is 1. The van der Waals surface area contributed by atoms with Gasteiger partial charge in [0, 0.05) is 6.07 Å². The van der Waals surface area contributed by atoms with E-state index in [0.29, 0.717) is 23.9 Å². The number of hydrogen-bond donors (Lipinski definition) is 2. The van der Waals surface area contributed by atoms with Gasteiger partial charge in [-0.25, -0.2) is 9.78 Å². The predicted octanol–water partition coefficient (Wildman–Crippen LogP) is 3.41. The SMILES string of the molecule is CCOC(=O)Nc1ccc(Nc2ccc(OC)cc2OC)cn1. The van der Waals surface area contributed by atoms with Crippen molar-refractivity contribution in [2.24, 2.45) is 0 Å². The van der Waals surface area contributed by atoms with Crippen LogP contribution < -0.4 is 20.1 Å². The molecule has 0 saturated carbocycles. The van der Waals surface area contributed by atoms with Crippen molar-refractivity contribution < 1.29 is 19.0 Å². The molecule has 2 N–H and O–H groups in total. The lowest BCUT2D eigenvalue weighted by atomic mass is 10.2. The summed E-state index contributed by atoms with van der Waals surface area (Å²) in [6.07, 6.45) is 1.07. The Labute approximate surface area is 134 Å². The third-order valence-corrected chi connectivity index (χ3v) is 2.96. The molecule has 0 atom stereocenters. The molecule has 1 aromatic carbocycles. The lowest BCUT2D eigenvalue weighted by Gasteiger charge is -2.12. The van der Waals surface area contributed by atoms with Crippen LogP contribution in [0.4, 0.5) is 22.0 Å². The number of pyridine rings is 1. The number of nitrogens with one attached hydrogen (secondary N) is 2. The van der Waals surface area contributed by atoms with E-state index in [1.165, 1.54) is 0 Å². The Bertz CT molecular complexity index is 659. The van der Waals surface area contributed by atoms with Crippen molar-refractivity contribution in [2.45, 2.75) is 6.92 Å². The van der Waals surface area contributed by atoms with Crippen LogP contribution in [0.25, 0.3) is 0 Å². The lowest BCUT2D eigenvalue weighted by molar-refractivity contribution is 0.168. The molecule has 1 amide bonds. The Hall–Kier alpha value is -2.96. The first-order valence-corrected chi connectivity index (χ1v) is 7.05. The highest BCUT2D eigenvalue weighted by molar-refractivity contribution is 5.83. The minimum atomic E-state index is -0.530. The molecule has 2 rings (SSSR count). The van der Waals surface area contributed by atoms with Crippen LogP contribution in [0.3, 0.4) is 0 Å². The van der Waals surface area contributed by atoms with Crippen molar-refractivity contribution in [1.29, 1.82) is 0 Å². The molecular formula is C16H19N3O4. The minimum absolute atomic E-state index is 0.308. The standard InChI is InChI=1S/C16H19N3O4/c1-4-23-16(20)19-15-8-5-11(10-17-15)18-13-7-6-12(21-2)9-14(13)22-3/h5-10,18H,4H2,1-3H3,(H,17,19,20). The molecule has 122 valence electrons. The van der Waals surface area contributed by atoms with E-state index in [0.717, 1.165) is 11.4 Å². The van der Waals surface area contributed by atoms with Crippen molar-refractivity contribution in [3.63, 3.8) is 0 Å². The van der Waals surface area contributed by atoms with Crippen LogP contribution in [0.5, 0.6) is 11.5 Å². The number of carbonyl (C=O) groups is 1. The summed E-state index contributed by atoms with van der Waals surface area (Å²) in [5.41, 5.74) is 1.53. The highest BCUT2D eigenvalue weighted by Gasteiger charge is 2.07. The average molecular weight is 317 g/mol. The topological polar surface area (TPSA) is 81.7 Å². The number of methoxy groups -OCH3 is 2.